The van der Waals surface area contributed by atoms with Crippen molar-refractivity contribution in [2.45, 2.75) is 70.9 Å². The molecule has 6 heteroatoms. The first-order valence-corrected chi connectivity index (χ1v) is 9.89. The van der Waals surface area contributed by atoms with E-state index in [1.165, 1.54) is 12.8 Å². The van der Waals surface area contributed by atoms with Gasteiger partial charge in [-0.25, -0.2) is 8.42 Å². The number of sulfonamides is 1. The number of hydrogen-bond donors (Lipinski definition) is 1. The smallest absolute Gasteiger partial charge is 0.216 e. The van der Waals surface area contributed by atoms with Crippen LogP contribution in [0.3, 0.4) is 0 Å². The van der Waals surface area contributed by atoms with Crippen molar-refractivity contribution in [3.8, 4) is 0 Å². The van der Waals surface area contributed by atoms with Crippen LogP contribution >= 0.6 is 0 Å². The van der Waals surface area contributed by atoms with Crippen LogP contribution < -0.4 is 5.73 Å². The van der Waals surface area contributed by atoms with E-state index >= 15 is 0 Å². The Morgan fingerprint density at radius 2 is 1.81 bits per heavy atom. The minimum Gasteiger partial charge on any atom is -0.378 e. The molecule has 0 aliphatic heterocycles. The van der Waals surface area contributed by atoms with E-state index in [0.717, 1.165) is 32.1 Å². The lowest BCUT2D eigenvalue weighted by atomic mass is 10.1. The second-order valence-corrected chi connectivity index (χ2v) is 8.17. The summed E-state index contributed by atoms with van der Waals surface area (Å²) in [6, 6.07) is 0.156. The molecule has 0 unspecified atom stereocenters. The molecule has 0 saturated heterocycles. The predicted octanol–water partition coefficient (Wildman–Crippen LogP) is 2.11. The molecule has 1 aliphatic rings. The van der Waals surface area contributed by atoms with E-state index in [1.54, 1.807) is 4.31 Å². The summed E-state index contributed by atoms with van der Waals surface area (Å²) in [4.78, 5) is 0. The van der Waals surface area contributed by atoms with E-state index in [0.29, 0.717) is 13.1 Å². The molecule has 126 valence electrons. The minimum atomic E-state index is -3.25. The summed E-state index contributed by atoms with van der Waals surface area (Å²) >= 11 is 0. The van der Waals surface area contributed by atoms with Crippen LogP contribution in [0.15, 0.2) is 0 Å². The first-order valence-electron chi connectivity index (χ1n) is 8.28. The van der Waals surface area contributed by atoms with Gasteiger partial charge in [-0.15, -0.1) is 0 Å². The zero-order chi connectivity index (χ0) is 15.7. The summed E-state index contributed by atoms with van der Waals surface area (Å²) < 4.78 is 32.4. The lowest BCUT2D eigenvalue weighted by Gasteiger charge is -2.30. The molecule has 0 bridgehead atoms. The number of rotatable bonds is 9. The van der Waals surface area contributed by atoms with Crippen molar-refractivity contribution in [3.05, 3.63) is 0 Å². The summed E-state index contributed by atoms with van der Waals surface area (Å²) in [6.45, 7) is 5.19. The second kappa shape index (κ2) is 9.77. The average molecular weight is 320 g/mol. The van der Waals surface area contributed by atoms with Gasteiger partial charge < -0.3 is 10.5 Å². The molecule has 2 N–H and O–H groups in total. The molecule has 21 heavy (non-hydrogen) atoms. The van der Waals surface area contributed by atoms with Gasteiger partial charge in [0.15, 0.2) is 0 Å². The third-order valence-corrected chi connectivity index (χ3v) is 5.84. The van der Waals surface area contributed by atoms with Gasteiger partial charge in [-0.1, -0.05) is 25.7 Å². The standard InChI is InChI=1S/C15H32N2O3S/c1-14(2)20-12-13-21(18,19)17(11-7-10-16)15-8-5-3-4-6-9-15/h14-15H,3-13,16H2,1-2H3. The fourth-order valence-electron chi connectivity index (χ4n) is 2.85. The molecule has 5 nitrogen and oxygen atoms in total. The van der Waals surface area contributed by atoms with Gasteiger partial charge in [0.2, 0.25) is 10.0 Å². The molecule has 0 amide bonds. The topological polar surface area (TPSA) is 72.6 Å². The Kier molecular flexibility index (Phi) is 8.78. The fourth-order valence-corrected chi connectivity index (χ4v) is 4.46. The van der Waals surface area contributed by atoms with Crippen LogP contribution in [0, 0.1) is 0 Å². The van der Waals surface area contributed by atoms with Crippen molar-refractivity contribution in [3.63, 3.8) is 0 Å². The van der Waals surface area contributed by atoms with Crippen LogP contribution in [0.1, 0.15) is 58.8 Å². The molecule has 0 aromatic rings. The summed E-state index contributed by atoms with van der Waals surface area (Å²) in [7, 11) is -3.25. The maximum absolute atomic E-state index is 12.6. The third kappa shape index (κ3) is 7.08. The van der Waals surface area contributed by atoms with Crippen LogP contribution in [0.4, 0.5) is 0 Å². The van der Waals surface area contributed by atoms with Gasteiger partial charge in [-0.2, -0.15) is 4.31 Å². The molecule has 0 aromatic heterocycles. The molecule has 1 rings (SSSR count). The van der Waals surface area contributed by atoms with Crippen molar-refractivity contribution in [2.24, 2.45) is 5.73 Å². The lowest BCUT2D eigenvalue weighted by molar-refractivity contribution is 0.0904. The highest BCUT2D eigenvalue weighted by Gasteiger charge is 2.29. The molecule has 1 aliphatic carbocycles. The van der Waals surface area contributed by atoms with Crippen molar-refractivity contribution in [1.29, 1.82) is 0 Å². The number of nitrogens with two attached hydrogens (primary N) is 1. The second-order valence-electron chi connectivity index (χ2n) is 6.13. The molecular weight excluding hydrogens is 288 g/mol. The van der Waals surface area contributed by atoms with Gasteiger partial charge in [0.25, 0.3) is 0 Å². The van der Waals surface area contributed by atoms with E-state index in [9.17, 15) is 8.42 Å². The Bertz CT molecular complexity index is 363. The van der Waals surface area contributed by atoms with Crippen LogP contribution in [0.2, 0.25) is 0 Å². The highest BCUT2D eigenvalue weighted by molar-refractivity contribution is 7.89. The molecule has 1 fully saturated rings. The zero-order valence-electron chi connectivity index (χ0n) is 13.6. The Balaban J connectivity index is 2.68. The first-order chi connectivity index (χ1) is 9.97. The molecule has 0 aromatic carbocycles. The summed E-state index contributed by atoms with van der Waals surface area (Å²) in [5.74, 6) is 0.0756. The monoisotopic (exact) mass is 320 g/mol. The SMILES string of the molecule is CC(C)OCCS(=O)(=O)N(CCCN)C1CCCCCC1. The van der Waals surface area contributed by atoms with Gasteiger partial charge in [-0.3, -0.25) is 0 Å². The van der Waals surface area contributed by atoms with Gasteiger partial charge in [0.1, 0.15) is 0 Å². The van der Waals surface area contributed by atoms with E-state index in [1.807, 2.05) is 13.8 Å². The minimum absolute atomic E-state index is 0.0653. The maximum atomic E-state index is 12.6. The van der Waals surface area contributed by atoms with Gasteiger partial charge in [-0.05, 0) is 39.7 Å². The average Bonchev–Trinajstić information content (AvgIpc) is 2.67. The summed E-state index contributed by atoms with van der Waals surface area (Å²) in [5, 5.41) is 0. The first kappa shape index (κ1) is 18.9. The molecule has 0 spiro atoms. The third-order valence-electron chi connectivity index (χ3n) is 3.96. The summed E-state index contributed by atoms with van der Waals surface area (Å²) in [6.07, 6.45) is 7.44. The van der Waals surface area contributed by atoms with Crippen LogP contribution in [-0.2, 0) is 14.8 Å². The summed E-state index contributed by atoms with van der Waals surface area (Å²) in [5.41, 5.74) is 5.57. The molecular formula is C15H32N2O3S. The molecule has 0 radical (unpaired) electrons. The number of hydrogen-bond acceptors (Lipinski definition) is 4. The Labute approximate surface area is 130 Å². The van der Waals surface area contributed by atoms with E-state index < -0.39 is 10.0 Å². The number of nitrogens with zero attached hydrogens (tertiary/aromatic N) is 1. The van der Waals surface area contributed by atoms with Crippen LogP contribution in [0.5, 0.6) is 0 Å². The fraction of sp³-hybridized carbons (Fsp3) is 1.00. The van der Waals surface area contributed by atoms with Crippen molar-refractivity contribution in [1.82, 2.24) is 4.31 Å². The van der Waals surface area contributed by atoms with E-state index in [2.05, 4.69) is 0 Å². The largest absolute Gasteiger partial charge is 0.378 e. The zero-order valence-corrected chi connectivity index (χ0v) is 14.4. The molecule has 0 atom stereocenters. The Morgan fingerprint density at radius 1 is 1.19 bits per heavy atom. The molecule has 1 saturated carbocycles. The van der Waals surface area contributed by atoms with Crippen molar-refractivity contribution < 1.29 is 13.2 Å². The number of ether oxygens (including phenoxy) is 1. The van der Waals surface area contributed by atoms with Gasteiger partial charge in [0.05, 0.1) is 18.5 Å². The van der Waals surface area contributed by atoms with Crippen LogP contribution in [0.25, 0.3) is 0 Å². The van der Waals surface area contributed by atoms with Crippen molar-refractivity contribution >= 4 is 10.0 Å². The Morgan fingerprint density at radius 3 is 2.33 bits per heavy atom. The van der Waals surface area contributed by atoms with Gasteiger partial charge in [0, 0.05) is 12.6 Å². The van der Waals surface area contributed by atoms with Crippen molar-refractivity contribution in [2.75, 3.05) is 25.4 Å². The molecule has 0 heterocycles. The van der Waals surface area contributed by atoms with E-state index in [-0.39, 0.29) is 24.5 Å². The highest BCUT2D eigenvalue weighted by Crippen LogP contribution is 2.24. The van der Waals surface area contributed by atoms with Gasteiger partial charge >= 0.3 is 0 Å². The maximum Gasteiger partial charge on any atom is 0.216 e. The predicted molar refractivity (Wildman–Crippen MR) is 86.7 cm³/mol. The Hall–Kier alpha value is -0.170. The van der Waals surface area contributed by atoms with E-state index in [4.69, 9.17) is 10.5 Å². The quantitative estimate of drug-likeness (QED) is 0.660. The highest BCUT2D eigenvalue weighted by atomic mass is 32.2. The van der Waals surface area contributed by atoms with Crippen LogP contribution in [-0.4, -0.2) is 50.3 Å². The normalized spacial score (nSPS) is 18.3. The lowest BCUT2D eigenvalue weighted by Crippen LogP contribution is -2.43.